The molecule has 0 bridgehead atoms. The molecule has 1 rings (SSSR count). The van der Waals surface area contributed by atoms with Crippen molar-refractivity contribution in [3.05, 3.63) is 32.7 Å². The highest BCUT2D eigenvalue weighted by Gasteiger charge is 2.12. The van der Waals surface area contributed by atoms with Gasteiger partial charge in [-0.05, 0) is 18.9 Å². The highest BCUT2D eigenvalue weighted by molar-refractivity contribution is 6.31. The van der Waals surface area contributed by atoms with E-state index in [1.165, 1.54) is 6.07 Å². The molecule has 0 aromatic carbocycles. The first kappa shape index (κ1) is 12.8. The van der Waals surface area contributed by atoms with Crippen LogP contribution in [-0.2, 0) is 0 Å². The Morgan fingerprint density at radius 3 is 2.75 bits per heavy atom. The number of hydrogen-bond donors (Lipinski definition) is 2. The maximum Gasteiger partial charge on any atom is 0.261 e. The summed E-state index contributed by atoms with van der Waals surface area (Å²) in [6.07, 6.45) is 0. The number of H-pyrrole nitrogens is 1. The van der Waals surface area contributed by atoms with E-state index >= 15 is 0 Å². The molecule has 1 heterocycles. The van der Waals surface area contributed by atoms with Gasteiger partial charge in [0.2, 0.25) is 0 Å². The van der Waals surface area contributed by atoms with E-state index in [0.29, 0.717) is 23.2 Å². The van der Waals surface area contributed by atoms with Crippen LogP contribution < -0.4 is 10.9 Å². The highest BCUT2D eigenvalue weighted by atomic mass is 35.5. The lowest BCUT2D eigenvalue weighted by Gasteiger charge is -2.07. The van der Waals surface area contributed by atoms with Crippen LogP contribution in [0.15, 0.2) is 10.9 Å². The first-order chi connectivity index (χ1) is 7.41. The Labute approximate surface area is 99.0 Å². The molecular weight excluding hydrogens is 228 g/mol. The fraction of sp³-hybridized carbons (Fsp3) is 0.455. The molecule has 0 fully saturated rings. The minimum atomic E-state index is -0.414. The van der Waals surface area contributed by atoms with Crippen LogP contribution in [0.2, 0.25) is 5.02 Å². The van der Waals surface area contributed by atoms with Crippen LogP contribution in [-0.4, -0.2) is 17.4 Å². The molecule has 0 spiro atoms. The molecule has 0 aliphatic heterocycles. The second kappa shape index (κ2) is 5.16. The fourth-order valence-electron chi connectivity index (χ4n) is 1.16. The Bertz CT molecular complexity index is 452. The molecule has 16 heavy (non-hydrogen) atoms. The van der Waals surface area contributed by atoms with Crippen LogP contribution in [0.25, 0.3) is 0 Å². The predicted molar refractivity (Wildman–Crippen MR) is 64.0 cm³/mol. The number of aromatic amines is 1. The number of amides is 1. The molecule has 88 valence electrons. The predicted octanol–water partition coefficient (Wildman–Crippen LogP) is 1.72. The van der Waals surface area contributed by atoms with E-state index in [9.17, 15) is 9.59 Å². The van der Waals surface area contributed by atoms with Crippen molar-refractivity contribution >= 4 is 17.5 Å². The summed E-state index contributed by atoms with van der Waals surface area (Å²) in [4.78, 5) is 25.7. The van der Waals surface area contributed by atoms with Gasteiger partial charge in [-0.15, -0.1) is 0 Å². The Balaban J connectivity index is 2.92. The topological polar surface area (TPSA) is 62.0 Å². The summed E-state index contributed by atoms with van der Waals surface area (Å²) in [6, 6.07) is 1.39. The average Bonchev–Trinajstić information content (AvgIpc) is 2.20. The molecule has 1 aromatic rings. The summed E-state index contributed by atoms with van der Waals surface area (Å²) < 4.78 is 0. The van der Waals surface area contributed by atoms with E-state index in [4.69, 9.17) is 11.6 Å². The zero-order valence-electron chi connectivity index (χ0n) is 9.56. The van der Waals surface area contributed by atoms with E-state index in [2.05, 4.69) is 10.3 Å². The molecule has 0 saturated heterocycles. The number of carbonyl (C=O) groups is 1. The number of halogens is 1. The first-order valence-electron chi connectivity index (χ1n) is 5.09. The van der Waals surface area contributed by atoms with Crippen molar-refractivity contribution in [2.45, 2.75) is 20.8 Å². The van der Waals surface area contributed by atoms with E-state index in [1.54, 1.807) is 6.92 Å². The van der Waals surface area contributed by atoms with Gasteiger partial charge in [0.1, 0.15) is 5.56 Å². The van der Waals surface area contributed by atoms with Crippen molar-refractivity contribution < 1.29 is 4.79 Å². The van der Waals surface area contributed by atoms with Gasteiger partial charge in [0.15, 0.2) is 0 Å². The molecule has 2 N–H and O–H groups in total. The van der Waals surface area contributed by atoms with E-state index in [1.807, 2.05) is 13.8 Å². The smallest absolute Gasteiger partial charge is 0.261 e. The van der Waals surface area contributed by atoms with Gasteiger partial charge in [0.05, 0.1) is 5.02 Å². The lowest BCUT2D eigenvalue weighted by molar-refractivity contribution is 0.0947. The third kappa shape index (κ3) is 3.10. The quantitative estimate of drug-likeness (QED) is 0.848. The van der Waals surface area contributed by atoms with E-state index in [0.717, 1.165) is 0 Å². The average molecular weight is 243 g/mol. The van der Waals surface area contributed by atoms with Gasteiger partial charge in [-0.3, -0.25) is 9.59 Å². The van der Waals surface area contributed by atoms with Gasteiger partial charge < -0.3 is 10.3 Å². The number of hydrogen-bond acceptors (Lipinski definition) is 2. The molecule has 0 aliphatic rings. The largest absolute Gasteiger partial charge is 0.352 e. The molecule has 0 aliphatic carbocycles. The summed E-state index contributed by atoms with van der Waals surface area (Å²) in [5, 5.41) is 3.05. The first-order valence-corrected chi connectivity index (χ1v) is 5.47. The van der Waals surface area contributed by atoms with E-state index in [-0.39, 0.29) is 5.56 Å². The second-order valence-electron chi connectivity index (χ2n) is 4.09. The van der Waals surface area contributed by atoms with Gasteiger partial charge in [-0.1, -0.05) is 25.4 Å². The maximum absolute atomic E-state index is 11.6. The normalized spacial score (nSPS) is 10.6. The van der Waals surface area contributed by atoms with Crippen molar-refractivity contribution in [2.24, 2.45) is 5.92 Å². The SMILES string of the molecule is Cc1[nH]c(=O)c(C(=O)NCC(C)C)cc1Cl. The molecule has 5 heteroatoms. The van der Waals surface area contributed by atoms with Gasteiger partial charge >= 0.3 is 0 Å². The zero-order chi connectivity index (χ0) is 12.3. The lowest BCUT2D eigenvalue weighted by atomic mass is 10.2. The summed E-state index contributed by atoms with van der Waals surface area (Å²) in [5.41, 5.74) is 0.200. The monoisotopic (exact) mass is 242 g/mol. The number of aromatic nitrogens is 1. The van der Waals surface area contributed by atoms with Gasteiger partial charge in [0.25, 0.3) is 11.5 Å². The number of rotatable bonds is 3. The van der Waals surface area contributed by atoms with Crippen LogP contribution in [0.4, 0.5) is 0 Å². The number of aryl methyl sites for hydroxylation is 1. The second-order valence-corrected chi connectivity index (χ2v) is 4.50. The summed E-state index contributed by atoms with van der Waals surface area (Å²) in [6.45, 7) is 6.17. The molecule has 1 aromatic heterocycles. The Kier molecular flexibility index (Phi) is 4.12. The van der Waals surface area contributed by atoms with Gasteiger partial charge in [-0.25, -0.2) is 0 Å². The Morgan fingerprint density at radius 1 is 1.56 bits per heavy atom. The molecule has 0 radical (unpaired) electrons. The maximum atomic E-state index is 11.6. The minimum Gasteiger partial charge on any atom is -0.352 e. The number of carbonyl (C=O) groups excluding carboxylic acids is 1. The van der Waals surface area contributed by atoms with Crippen molar-refractivity contribution in [1.29, 1.82) is 0 Å². The number of nitrogens with one attached hydrogen (secondary N) is 2. The highest BCUT2D eigenvalue weighted by Crippen LogP contribution is 2.11. The molecule has 0 saturated carbocycles. The third-order valence-corrected chi connectivity index (χ3v) is 2.48. The minimum absolute atomic E-state index is 0.0521. The third-order valence-electron chi connectivity index (χ3n) is 2.09. The molecule has 4 nitrogen and oxygen atoms in total. The fourth-order valence-corrected chi connectivity index (χ4v) is 1.31. The summed E-state index contributed by atoms with van der Waals surface area (Å²) in [5.74, 6) is -0.0548. The summed E-state index contributed by atoms with van der Waals surface area (Å²) >= 11 is 5.84. The Morgan fingerprint density at radius 2 is 2.19 bits per heavy atom. The lowest BCUT2D eigenvalue weighted by Crippen LogP contribution is -2.32. The van der Waals surface area contributed by atoms with Crippen LogP contribution in [0.5, 0.6) is 0 Å². The van der Waals surface area contributed by atoms with Crippen molar-refractivity contribution in [2.75, 3.05) is 6.54 Å². The van der Waals surface area contributed by atoms with Crippen LogP contribution >= 0.6 is 11.6 Å². The zero-order valence-corrected chi connectivity index (χ0v) is 10.3. The number of pyridine rings is 1. The molecule has 1 amide bonds. The van der Waals surface area contributed by atoms with Gasteiger partial charge in [-0.2, -0.15) is 0 Å². The van der Waals surface area contributed by atoms with Crippen molar-refractivity contribution in [3.8, 4) is 0 Å². The summed E-state index contributed by atoms with van der Waals surface area (Å²) in [7, 11) is 0. The Hall–Kier alpha value is -1.29. The van der Waals surface area contributed by atoms with Gasteiger partial charge in [0, 0.05) is 12.2 Å². The molecule has 0 atom stereocenters. The van der Waals surface area contributed by atoms with E-state index < -0.39 is 11.5 Å². The van der Waals surface area contributed by atoms with Crippen LogP contribution in [0, 0.1) is 12.8 Å². The van der Waals surface area contributed by atoms with Crippen LogP contribution in [0.3, 0.4) is 0 Å². The van der Waals surface area contributed by atoms with Crippen LogP contribution in [0.1, 0.15) is 29.9 Å². The standard InChI is InChI=1S/C11H15ClN2O2/c1-6(2)5-13-10(15)8-4-9(12)7(3)14-11(8)16/h4,6H,5H2,1-3H3,(H,13,15)(H,14,16). The van der Waals surface area contributed by atoms with Crippen molar-refractivity contribution in [3.63, 3.8) is 0 Å². The molecule has 0 unspecified atom stereocenters. The van der Waals surface area contributed by atoms with Crippen molar-refractivity contribution in [1.82, 2.24) is 10.3 Å². The molecular formula is C11H15ClN2O2.